The molecule has 122 valence electrons. The minimum absolute atomic E-state index is 0.103. The molecule has 1 aromatic heterocycles. The Morgan fingerprint density at radius 3 is 2.35 bits per heavy atom. The SMILES string of the molecule is CCOc1c(OC)cc(C=CC(=O)c2ccc(Cl)s2)cc1OC. The number of hydrogen-bond acceptors (Lipinski definition) is 5. The van der Waals surface area contributed by atoms with E-state index in [1.54, 1.807) is 44.6 Å². The molecule has 1 aromatic carbocycles. The van der Waals surface area contributed by atoms with Gasteiger partial charge in [-0.25, -0.2) is 0 Å². The number of halogens is 1. The molecule has 0 fully saturated rings. The van der Waals surface area contributed by atoms with Crippen LogP contribution in [0, 0.1) is 0 Å². The van der Waals surface area contributed by atoms with E-state index in [9.17, 15) is 4.79 Å². The summed E-state index contributed by atoms with van der Waals surface area (Å²) < 4.78 is 16.8. The lowest BCUT2D eigenvalue weighted by atomic mass is 10.1. The van der Waals surface area contributed by atoms with Gasteiger partial charge in [-0.15, -0.1) is 11.3 Å². The third kappa shape index (κ3) is 4.27. The number of methoxy groups -OCH3 is 2. The highest BCUT2D eigenvalue weighted by Crippen LogP contribution is 2.39. The highest BCUT2D eigenvalue weighted by atomic mass is 35.5. The lowest BCUT2D eigenvalue weighted by molar-refractivity contribution is 0.105. The van der Waals surface area contributed by atoms with E-state index in [0.29, 0.717) is 33.1 Å². The van der Waals surface area contributed by atoms with Crippen LogP contribution in [0.25, 0.3) is 6.08 Å². The molecule has 6 heteroatoms. The number of carbonyl (C=O) groups excluding carboxylic acids is 1. The monoisotopic (exact) mass is 352 g/mol. The molecule has 0 spiro atoms. The summed E-state index contributed by atoms with van der Waals surface area (Å²) in [6, 6.07) is 6.99. The Hall–Kier alpha value is -1.98. The molecule has 0 N–H and O–H groups in total. The second-order valence-electron chi connectivity index (χ2n) is 4.49. The Morgan fingerprint density at radius 1 is 1.22 bits per heavy atom. The summed E-state index contributed by atoms with van der Waals surface area (Å²) in [7, 11) is 3.12. The van der Waals surface area contributed by atoms with Crippen LogP contribution >= 0.6 is 22.9 Å². The maximum atomic E-state index is 12.1. The molecule has 1 heterocycles. The molecule has 0 amide bonds. The zero-order valence-electron chi connectivity index (χ0n) is 13.1. The number of rotatable bonds is 7. The van der Waals surface area contributed by atoms with Gasteiger partial charge < -0.3 is 14.2 Å². The summed E-state index contributed by atoms with van der Waals surface area (Å²) in [5, 5.41) is 0. The molecular formula is C17H17ClO4S. The van der Waals surface area contributed by atoms with Crippen molar-refractivity contribution in [3.05, 3.63) is 45.1 Å². The maximum Gasteiger partial charge on any atom is 0.203 e. The molecule has 0 saturated carbocycles. The van der Waals surface area contributed by atoms with E-state index in [-0.39, 0.29) is 5.78 Å². The third-order valence-corrected chi connectivity index (χ3v) is 4.26. The quantitative estimate of drug-likeness (QED) is 0.534. The van der Waals surface area contributed by atoms with Crippen molar-refractivity contribution in [1.29, 1.82) is 0 Å². The molecule has 2 aromatic rings. The highest BCUT2D eigenvalue weighted by Gasteiger charge is 2.13. The van der Waals surface area contributed by atoms with Crippen molar-refractivity contribution in [2.75, 3.05) is 20.8 Å². The summed E-state index contributed by atoms with van der Waals surface area (Å²) in [6.07, 6.45) is 3.20. The average molecular weight is 353 g/mol. The molecular weight excluding hydrogens is 336 g/mol. The molecule has 0 aliphatic heterocycles. The molecule has 0 atom stereocenters. The molecule has 0 aliphatic rings. The van der Waals surface area contributed by atoms with Gasteiger partial charge in [0.25, 0.3) is 0 Å². The van der Waals surface area contributed by atoms with E-state index in [1.165, 1.54) is 17.4 Å². The fourth-order valence-corrected chi connectivity index (χ4v) is 2.95. The van der Waals surface area contributed by atoms with Gasteiger partial charge in [-0.1, -0.05) is 17.7 Å². The van der Waals surface area contributed by atoms with Crippen LogP contribution in [0.5, 0.6) is 17.2 Å². The predicted octanol–water partition coefficient (Wildman–Crippen LogP) is 4.71. The van der Waals surface area contributed by atoms with Gasteiger partial charge in [-0.2, -0.15) is 0 Å². The van der Waals surface area contributed by atoms with E-state index in [1.807, 2.05) is 6.92 Å². The van der Waals surface area contributed by atoms with Crippen LogP contribution in [-0.4, -0.2) is 26.6 Å². The molecule has 0 radical (unpaired) electrons. The molecule has 2 rings (SSSR count). The van der Waals surface area contributed by atoms with Crippen LogP contribution in [0.15, 0.2) is 30.3 Å². The molecule has 0 bridgehead atoms. The zero-order chi connectivity index (χ0) is 16.8. The van der Waals surface area contributed by atoms with Crippen molar-refractivity contribution in [3.8, 4) is 17.2 Å². The molecule has 23 heavy (non-hydrogen) atoms. The molecule has 0 saturated heterocycles. The highest BCUT2D eigenvalue weighted by molar-refractivity contribution is 7.18. The van der Waals surface area contributed by atoms with Gasteiger partial charge in [0.1, 0.15) is 0 Å². The lowest BCUT2D eigenvalue weighted by Gasteiger charge is -2.14. The number of carbonyl (C=O) groups is 1. The Morgan fingerprint density at radius 2 is 1.87 bits per heavy atom. The van der Waals surface area contributed by atoms with Crippen LogP contribution in [0.3, 0.4) is 0 Å². The van der Waals surface area contributed by atoms with E-state index >= 15 is 0 Å². The zero-order valence-corrected chi connectivity index (χ0v) is 14.7. The standard InChI is InChI=1S/C17H17ClO4S/c1-4-22-17-13(20-2)9-11(10-14(17)21-3)5-6-12(19)15-7-8-16(18)23-15/h5-10H,4H2,1-3H3. The number of hydrogen-bond donors (Lipinski definition) is 0. The van der Waals surface area contributed by atoms with Gasteiger partial charge in [0.15, 0.2) is 17.3 Å². The van der Waals surface area contributed by atoms with Gasteiger partial charge in [0, 0.05) is 0 Å². The third-order valence-electron chi connectivity index (χ3n) is 3.01. The van der Waals surface area contributed by atoms with Gasteiger partial charge >= 0.3 is 0 Å². The fourth-order valence-electron chi connectivity index (χ4n) is 1.98. The second-order valence-corrected chi connectivity index (χ2v) is 6.20. The molecule has 0 aliphatic carbocycles. The Balaban J connectivity index is 2.29. The summed E-state index contributed by atoms with van der Waals surface area (Å²) in [5.41, 5.74) is 0.776. The van der Waals surface area contributed by atoms with Gasteiger partial charge in [-0.05, 0) is 42.8 Å². The first kappa shape index (κ1) is 17.4. The predicted molar refractivity (Wildman–Crippen MR) is 93.4 cm³/mol. The Labute approximate surface area is 144 Å². The summed E-state index contributed by atoms with van der Waals surface area (Å²) in [6.45, 7) is 2.39. The van der Waals surface area contributed by atoms with Crippen molar-refractivity contribution < 1.29 is 19.0 Å². The van der Waals surface area contributed by atoms with Gasteiger partial charge in [0.2, 0.25) is 5.75 Å². The normalized spacial score (nSPS) is 10.8. The number of ether oxygens (including phenoxy) is 3. The van der Waals surface area contributed by atoms with E-state index in [4.69, 9.17) is 25.8 Å². The van der Waals surface area contributed by atoms with Crippen LogP contribution in [0.4, 0.5) is 0 Å². The second kappa shape index (κ2) is 8.04. The van der Waals surface area contributed by atoms with Gasteiger partial charge in [-0.3, -0.25) is 4.79 Å². The first-order valence-corrected chi connectivity index (χ1v) is 8.15. The van der Waals surface area contributed by atoms with Crippen molar-refractivity contribution in [1.82, 2.24) is 0 Å². The minimum Gasteiger partial charge on any atom is -0.493 e. The van der Waals surface area contributed by atoms with Crippen molar-refractivity contribution in [2.24, 2.45) is 0 Å². The first-order valence-electron chi connectivity index (χ1n) is 6.95. The van der Waals surface area contributed by atoms with Crippen molar-refractivity contribution in [2.45, 2.75) is 6.92 Å². The summed E-state index contributed by atoms with van der Waals surface area (Å²) >= 11 is 7.09. The summed E-state index contributed by atoms with van der Waals surface area (Å²) in [4.78, 5) is 12.7. The van der Waals surface area contributed by atoms with E-state index in [2.05, 4.69) is 0 Å². The number of allylic oxidation sites excluding steroid dienone is 1. The fraction of sp³-hybridized carbons (Fsp3) is 0.235. The van der Waals surface area contributed by atoms with Crippen molar-refractivity contribution >= 4 is 34.8 Å². The van der Waals surface area contributed by atoms with Crippen molar-refractivity contribution in [3.63, 3.8) is 0 Å². The molecule has 4 nitrogen and oxygen atoms in total. The lowest BCUT2D eigenvalue weighted by Crippen LogP contribution is -1.99. The van der Waals surface area contributed by atoms with E-state index in [0.717, 1.165) is 5.56 Å². The Kier molecular flexibility index (Phi) is 6.07. The average Bonchev–Trinajstić information content (AvgIpc) is 3.00. The van der Waals surface area contributed by atoms with Crippen LogP contribution in [0.1, 0.15) is 22.2 Å². The van der Waals surface area contributed by atoms with E-state index < -0.39 is 0 Å². The number of ketones is 1. The van der Waals surface area contributed by atoms with Gasteiger partial charge in [0.05, 0.1) is 30.0 Å². The summed E-state index contributed by atoms with van der Waals surface area (Å²) in [5.74, 6) is 1.55. The number of benzene rings is 1. The first-order chi connectivity index (χ1) is 11.1. The largest absolute Gasteiger partial charge is 0.493 e. The smallest absolute Gasteiger partial charge is 0.203 e. The van der Waals surface area contributed by atoms with Crippen LogP contribution in [0.2, 0.25) is 4.34 Å². The number of thiophene rings is 1. The van der Waals surface area contributed by atoms with Crippen LogP contribution in [-0.2, 0) is 0 Å². The van der Waals surface area contributed by atoms with Crippen LogP contribution < -0.4 is 14.2 Å². The topological polar surface area (TPSA) is 44.8 Å². The Bertz CT molecular complexity index is 696. The minimum atomic E-state index is -0.103. The molecule has 0 unspecified atom stereocenters. The maximum absolute atomic E-state index is 12.1.